The Kier molecular flexibility index (Phi) is 9.04. The van der Waals surface area contributed by atoms with Crippen LogP contribution in [0.4, 0.5) is 5.13 Å². The van der Waals surface area contributed by atoms with Gasteiger partial charge in [0, 0.05) is 10.9 Å². The standard InChI is InChI=1S/C26H27N3O3S/c1-3-4-5-9-14-32-23-13-12-19(16-24(23)31-2)15-21(17-27)25(30)29-26-28-22(18-33-26)20-10-7-6-8-11-20/h6-8,10-13,15-16,18H,3-5,9,14H2,1-2H3,(H,28,29,30)/b21-15+. The summed E-state index contributed by atoms with van der Waals surface area (Å²) in [5.74, 6) is 0.691. The second-order valence-corrected chi connectivity index (χ2v) is 8.21. The summed E-state index contributed by atoms with van der Waals surface area (Å²) in [6.45, 7) is 2.79. The van der Waals surface area contributed by atoms with E-state index in [4.69, 9.17) is 9.47 Å². The minimum absolute atomic E-state index is 0.0262. The molecule has 0 saturated heterocycles. The van der Waals surface area contributed by atoms with Gasteiger partial charge in [0.2, 0.25) is 0 Å². The van der Waals surface area contributed by atoms with Crippen LogP contribution in [-0.2, 0) is 4.79 Å². The van der Waals surface area contributed by atoms with Crippen LogP contribution in [0.5, 0.6) is 11.5 Å². The fourth-order valence-electron chi connectivity index (χ4n) is 3.16. The van der Waals surface area contributed by atoms with E-state index in [0.717, 1.165) is 24.1 Å². The molecule has 3 aromatic rings. The highest BCUT2D eigenvalue weighted by atomic mass is 32.1. The Morgan fingerprint density at radius 1 is 1.15 bits per heavy atom. The molecule has 1 N–H and O–H groups in total. The van der Waals surface area contributed by atoms with E-state index in [0.29, 0.717) is 28.8 Å². The maximum absolute atomic E-state index is 12.7. The van der Waals surface area contributed by atoms with Crippen LogP contribution in [0.2, 0.25) is 0 Å². The number of benzene rings is 2. The van der Waals surface area contributed by atoms with Gasteiger partial charge in [-0.25, -0.2) is 4.98 Å². The van der Waals surface area contributed by atoms with Crippen LogP contribution < -0.4 is 14.8 Å². The van der Waals surface area contributed by atoms with E-state index >= 15 is 0 Å². The van der Waals surface area contributed by atoms with Crippen molar-refractivity contribution in [2.45, 2.75) is 32.6 Å². The van der Waals surface area contributed by atoms with Crippen molar-refractivity contribution in [3.05, 3.63) is 65.0 Å². The van der Waals surface area contributed by atoms with Crippen molar-refractivity contribution in [2.24, 2.45) is 0 Å². The number of methoxy groups -OCH3 is 1. The summed E-state index contributed by atoms with van der Waals surface area (Å²) in [5, 5.41) is 14.5. The van der Waals surface area contributed by atoms with Crippen LogP contribution in [0.15, 0.2) is 59.5 Å². The summed E-state index contributed by atoms with van der Waals surface area (Å²) in [5.41, 5.74) is 2.38. The molecule has 0 spiro atoms. The quantitative estimate of drug-likeness (QED) is 0.205. The second kappa shape index (κ2) is 12.4. The molecular weight excluding hydrogens is 434 g/mol. The van der Waals surface area contributed by atoms with E-state index < -0.39 is 5.91 Å². The zero-order valence-electron chi connectivity index (χ0n) is 18.8. The lowest BCUT2D eigenvalue weighted by Crippen LogP contribution is -2.13. The zero-order valence-corrected chi connectivity index (χ0v) is 19.7. The van der Waals surface area contributed by atoms with Crippen LogP contribution >= 0.6 is 11.3 Å². The summed E-state index contributed by atoms with van der Waals surface area (Å²) in [4.78, 5) is 17.1. The number of amides is 1. The number of rotatable bonds is 11. The topological polar surface area (TPSA) is 84.2 Å². The molecule has 7 heteroatoms. The Morgan fingerprint density at radius 2 is 1.97 bits per heavy atom. The molecule has 2 aromatic carbocycles. The van der Waals surface area contributed by atoms with Crippen LogP contribution in [0, 0.1) is 11.3 Å². The highest BCUT2D eigenvalue weighted by Crippen LogP contribution is 2.29. The van der Waals surface area contributed by atoms with Crippen LogP contribution in [0.3, 0.4) is 0 Å². The molecule has 0 radical (unpaired) electrons. The summed E-state index contributed by atoms with van der Waals surface area (Å²) < 4.78 is 11.3. The Morgan fingerprint density at radius 3 is 2.70 bits per heavy atom. The molecule has 1 aromatic heterocycles. The minimum Gasteiger partial charge on any atom is -0.493 e. The van der Waals surface area contributed by atoms with Crippen molar-refractivity contribution >= 4 is 28.5 Å². The Balaban J connectivity index is 1.67. The first kappa shape index (κ1) is 24.0. The highest BCUT2D eigenvalue weighted by Gasteiger charge is 2.13. The van der Waals surface area contributed by atoms with Gasteiger partial charge in [-0.05, 0) is 30.2 Å². The second-order valence-electron chi connectivity index (χ2n) is 7.35. The summed E-state index contributed by atoms with van der Waals surface area (Å²) in [7, 11) is 1.57. The molecule has 0 unspecified atom stereocenters. The van der Waals surface area contributed by atoms with Gasteiger partial charge in [-0.15, -0.1) is 11.3 Å². The molecule has 1 amide bonds. The first-order valence-electron chi connectivity index (χ1n) is 10.9. The average molecular weight is 462 g/mol. The van der Waals surface area contributed by atoms with Gasteiger partial charge in [-0.1, -0.05) is 62.6 Å². The molecule has 3 rings (SSSR count). The molecule has 0 fully saturated rings. The van der Waals surface area contributed by atoms with Gasteiger partial charge in [0.1, 0.15) is 11.6 Å². The number of thiazole rings is 1. The fourth-order valence-corrected chi connectivity index (χ4v) is 3.87. The lowest BCUT2D eigenvalue weighted by atomic mass is 10.1. The van der Waals surface area contributed by atoms with E-state index in [2.05, 4.69) is 17.2 Å². The molecule has 0 saturated carbocycles. The van der Waals surface area contributed by atoms with Gasteiger partial charge in [0.05, 0.1) is 19.4 Å². The molecule has 0 bridgehead atoms. The normalized spacial score (nSPS) is 11.0. The SMILES string of the molecule is CCCCCCOc1ccc(/C=C(\C#N)C(=O)Nc2nc(-c3ccccc3)cs2)cc1OC. The van der Waals surface area contributed by atoms with Crippen molar-refractivity contribution in [3.8, 4) is 28.8 Å². The molecule has 1 heterocycles. The number of aromatic nitrogens is 1. The van der Waals surface area contributed by atoms with E-state index in [9.17, 15) is 10.1 Å². The van der Waals surface area contributed by atoms with Crippen LogP contribution in [0.25, 0.3) is 17.3 Å². The lowest BCUT2D eigenvalue weighted by Gasteiger charge is -2.11. The number of ether oxygens (including phenoxy) is 2. The number of anilines is 1. The number of nitrogens with zero attached hydrogens (tertiary/aromatic N) is 2. The molecular formula is C26H27N3O3S. The molecule has 0 aliphatic rings. The van der Waals surface area contributed by atoms with E-state index in [1.165, 1.54) is 30.3 Å². The number of nitrogens with one attached hydrogen (secondary N) is 1. The van der Waals surface area contributed by atoms with Gasteiger partial charge in [0.25, 0.3) is 5.91 Å². The summed E-state index contributed by atoms with van der Waals surface area (Å²) >= 11 is 1.31. The van der Waals surface area contributed by atoms with Crippen LogP contribution in [0.1, 0.15) is 38.2 Å². The van der Waals surface area contributed by atoms with Crippen molar-refractivity contribution < 1.29 is 14.3 Å². The summed E-state index contributed by atoms with van der Waals surface area (Å²) in [6.07, 6.45) is 6.01. The third-order valence-corrected chi connectivity index (χ3v) is 5.67. The number of carbonyl (C=O) groups is 1. The first-order chi connectivity index (χ1) is 16.1. The van der Waals surface area contributed by atoms with E-state index in [1.807, 2.05) is 41.8 Å². The Bertz CT molecular complexity index is 1130. The fraction of sp³-hybridized carbons (Fsp3) is 0.269. The third-order valence-electron chi connectivity index (χ3n) is 4.91. The molecule has 0 atom stereocenters. The van der Waals surface area contributed by atoms with Crippen molar-refractivity contribution in [1.82, 2.24) is 4.98 Å². The zero-order chi connectivity index (χ0) is 23.5. The molecule has 6 nitrogen and oxygen atoms in total. The molecule has 0 aliphatic carbocycles. The van der Waals surface area contributed by atoms with E-state index in [1.54, 1.807) is 25.3 Å². The maximum atomic E-state index is 12.7. The number of carbonyl (C=O) groups excluding carboxylic acids is 1. The van der Waals surface area contributed by atoms with Crippen molar-refractivity contribution in [3.63, 3.8) is 0 Å². The third kappa shape index (κ3) is 6.93. The molecule has 33 heavy (non-hydrogen) atoms. The van der Waals surface area contributed by atoms with Gasteiger partial charge in [0.15, 0.2) is 16.6 Å². The van der Waals surface area contributed by atoms with Crippen LogP contribution in [-0.4, -0.2) is 24.6 Å². The smallest absolute Gasteiger partial charge is 0.268 e. The lowest BCUT2D eigenvalue weighted by molar-refractivity contribution is -0.112. The van der Waals surface area contributed by atoms with Gasteiger partial charge in [-0.2, -0.15) is 5.26 Å². The van der Waals surface area contributed by atoms with E-state index in [-0.39, 0.29) is 5.57 Å². The predicted octanol–water partition coefficient (Wildman–Crippen LogP) is 6.32. The van der Waals surface area contributed by atoms with Gasteiger partial charge in [-0.3, -0.25) is 10.1 Å². The first-order valence-corrected chi connectivity index (χ1v) is 11.8. The van der Waals surface area contributed by atoms with Crippen molar-refractivity contribution in [1.29, 1.82) is 5.26 Å². The number of hydrogen-bond acceptors (Lipinski definition) is 6. The summed E-state index contributed by atoms with van der Waals surface area (Å²) in [6, 6.07) is 17.0. The largest absolute Gasteiger partial charge is 0.493 e. The number of nitriles is 1. The Hall–Kier alpha value is -3.63. The van der Waals surface area contributed by atoms with Gasteiger partial charge < -0.3 is 9.47 Å². The highest BCUT2D eigenvalue weighted by molar-refractivity contribution is 7.14. The minimum atomic E-state index is -0.512. The maximum Gasteiger partial charge on any atom is 0.268 e. The Labute approximate surface area is 198 Å². The molecule has 170 valence electrons. The number of unbranched alkanes of at least 4 members (excludes halogenated alkanes) is 3. The van der Waals surface area contributed by atoms with Crippen molar-refractivity contribution in [2.75, 3.05) is 19.0 Å². The van der Waals surface area contributed by atoms with Gasteiger partial charge >= 0.3 is 0 Å². The monoisotopic (exact) mass is 461 g/mol. The average Bonchev–Trinajstić information content (AvgIpc) is 3.31. The molecule has 0 aliphatic heterocycles. The predicted molar refractivity (Wildman–Crippen MR) is 132 cm³/mol. The number of hydrogen-bond donors (Lipinski definition) is 1.